The van der Waals surface area contributed by atoms with Crippen molar-refractivity contribution in [2.24, 2.45) is 0 Å². The Kier molecular flexibility index (Phi) is 4.26. The molecule has 2 aromatic heterocycles. The van der Waals surface area contributed by atoms with E-state index in [2.05, 4.69) is 20.7 Å². The molecule has 1 amide bonds. The molecule has 22 heavy (non-hydrogen) atoms. The van der Waals surface area contributed by atoms with Gasteiger partial charge < -0.3 is 10.6 Å². The van der Waals surface area contributed by atoms with Crippen molar-refractivity contribution in [2.75, 3.05) is 13.1 Å². The number of nitrogens with zero attached hydrogens (tertiary/aromatic N) is 3. The van der Waals surface area contributed by atoms with Crippen molar-refractivity contribution in [1.29, 1.82) is 0 Å². The van der Waals surface area contributed by atoms with Crippen molar-refractivity contribution in [3.05, 3.63) is 34.5 Å². The molecule has 0 saturated carbocycles. The van der Waals surface area contributed by atoms with Gasteiger partial charge in [-0.3, -0.25) is 9.48 Å². The number of carbonyl (C=O) groups is 1. The third-order valence-electron chi connectivity index (χ3n) is 4.15. The zero-order chi connectivity index (χ0) is 15.6. The summed E-state index contributed by atoms with van der Waals surface area (Å²) in [5.41, 5.74) is 0.389. The Hall–Kier alpha value is -1.73. The Balaban J connectivity index is 1.81. The van der Waals surface area contributed by atoms with Crippen molar-refractivity contribution in [3.63, 3.8) is 0 Å². The maximum Gasteiger partial charge on any atom is 0.248 e. The largest absolute Gasteiger partial charge is 0.345 e. The lowest BCUT2D eigenvalue weighted by molar-refractivity contribution is -0.132. The Labute approximate surface area is 133 Å². The van der Waals surface area contributed by atoms with Gasteiger partial charge in [0.25, 0.3) is 0 Å². The molecule has 2 N–H and O–H groups in total. The van der Waals surface area contributed by atoms with Crippen molar-refractivity contribution in [1.82, 2.24) is 25.4 Å². The minimum atomic E-state index is -0.602. The van der Waals surface area contributed by atoms with E-state index in [1.807, 2.05) is 36.2 Å². The summed E-state index contributed by atoms with van der Waals surface area (Å²) >= 11 is 1.58. The lowest BCUT2D eigenvalue weighted by atomic mass is 9.87. The number of hydrogen-bond donors (Lipinski definition) is 2. The van der Waals surface area contributed by atoms with Crippen LogP contribution < -0.4 is 10.6 Å². The number of aromatic nitrogens is 3. The van der Waals surface area contributed by atoms with E-state index in [4.69, 9.17) is 0 Å². The number of aryl methyl sites for hydroxylation is 1. The van der Waals surface area contributed by atoms with Gasteiger partial charge in [0.15, 0.2) is 0 Å². The van der Waals surface area contributed by atoms with Crippen molar-refractivity contribution >= 4 is 17.2 Å². The summed E-state index contributed by atoms with van der Waals surface area (Å²) in [7, 11) is 0. The molecule has 1 atom stereocenters. The zero-order valence-electron chi connectivity index (χ0n) is 12.9. The highest BCUT2D eigenvalue weighted by molar-refractivity contribution is 7.09. The van der Waals surface area contributed by atoms with Crippen molar-refractivity contribution in [3.8, 4) is 0 Å². The van der Waals surface area contributed by atoms with Gasteiger partial charge in [-0.05, 0) is 45.8 Å². The summed E-state index contributed by atoms with van der Waals surface area (Å²) in [5, 5.41) is 13.7. The quantitative estimate of drug-likeness (QED) is 0.898. The molecule has 0 spiro atoms. The van der Waals surface area contributed by atoms with Gasteiger partial charge in [-0.2, -0.15) is 5.10 Å². The summed E-state index contributed by atoms with van der Waals surface area (Å²) in [6.45, 7) is 5.58. The molecule has 0 aromatic carbocycles. The Bertz CT molecular complexity index is 630. The summed E-state index contributed by atoms with van der Waals surface area (Å²) in [6, 6.07) is 1.78. The first-order chi connectivity index (χ1) is 10.6. The van der Waals surface area contributed by atoms with Crippen LogP contribution in [0.4, 0.5) is 0 Å². The molecule has 1 saturated heterocycles. The highest BCUT2D eigenvalue weighted by Gasteiger charge is 2.42. The fraction of sp³-hybridized carbons (Fsp3) is 0.533. The highest BCUT2D eigenvalue weighted by Crippen LogP contribution is 2.28. The minimum absolute atomic E-state index is 0.0260. The standard InChI is InChI=1S/C15H21N5OS/c1-11-10-22-13(18-11)12(2)19-14(21)15(4-7-16-8-5-15)20-9-3-6-17-20/h3,6,9-10,12,16H,4-5,7-8H2,1-2H3,(H,19,21). The summed E-state index contributed by atoms with van der Waals surface area (Å²) in [4.78, 5) is 17.4. The van der Waals surface area contributed by atoms with Gasteiger partial charge in [-0.1, -0.05) is 0 Å². The molecule has 1 unspecified atom stereocenters. The molecule has 6 nitrogen and oxygen atoms in total. The van der Waals surface area contributed by atoms with Gasteiger partial charge in [0.05, 0.1) is 6.04 Å². The predicted octanol–water partition coefficient (Wildman–Crippen LogP) is 1.60. The summed E-state index contributed by atoms with van der Waals surface area (Å²) in [6.07, 6.45) is 5.09. The van der Waals surface area contributed by atoms with Crippen LogP contribution in [0.5, 0.6) is 0 Å². The lowest BCUT2D eigenvalue weighted by Gasteiger charge is -2.37. The monoisotopic (exact) mass is 319 g/mol. The van der Waals surface area contributed by atoms with E-state index in [1.165, 1.54) is 0 Å². The van der Waals surface area contributed by atoms with Gasteiger partial charge >= 0.3 is 0 Å². The van der Waals surface area contributed by atoms with Crippen LogP contribution in [0.2, 0.25) is 0 Å². The molecule has 2 aromatic rings. The van der Waals surface area contributed by atoms with Crippen LogP contribution in [0.1, 0.15) is 36.5 Å². The molecule has 0 aliphatic carbocycles. The van der Waals surface area contributed by atoms with Gasteiger partial charge in [0, 0.05) is 23.5 Å². The van der Waals surface area contributed by atoms with Crippen LogP contribution in [0.15, 0.2) is 23.8 Å². The van der Waals surface area contributed by atoms with Crippen LogP contribution in [0, 0.1) is 6.92 Å². The van der Waals surface area contributed by atoms with E-state index >= 15 is 0 Å². The average molecular weight is 319 g/mol. The number of amides is 1. The molecule has 118 valence electrons. The van der Waals surface area contributed by atoms with Crippen molar-refractivity contribution in [2.45, 2.75) is 38.3 Å². The Morgan fingerprint density at radius 1 is 1.50 bits per heavy atom. The van der Waals surface area contributed by atoms with Crippen LogP contribution in [0.3, 0.4) is 0 Å². The van der Waals surface area contributed by atoms with Crippen LogP contribution >= 0.6 is 11.3 Å². The number of carbonyl (C=O) groups excluding carboxylic acids is 1. The van der Waals surface area contributed by atoms with E-state index in [-0.39, 0.29) is 11.9 Å². The Morgan fingerprint density at radius 3 is 2.86 bits per heavy atom. The first-order valence-corrected chi connectivity index (χ1v) is 8.44. The number of thiazole rings is 1. The second-order valence-electron chi connectivity index (χ2n) is 5.75. The first kappa shape index (κ1) is 15.2. The van der Waals surface area contributed by atoms with Gasteiger partial charge in [-0.15, -0.1) is 11.3 Å². The highest BCUT2D eigenvalue weighted by atomic mass is 32.1. The third-order valence-corrected chi connectivity index (χ3v) is 5.30. The zero-order valence-corrected chi connectivity index (χ0v) is 13.7. The van der Waals surface area contributed by atoms with Gasteiger partial charge in [0.1, 0.15) is 10.5 Å². The van der Waals surface area contributed by atoms with Crippen LogP contribution in [-0.4, -0.2) is 33.8 Å². The molecule has 1 aliphatic heterocycles. The second-order valence-corrected chi connectivity index (χ2v) is 6.64. The summed E-state index contributed by atoms with van der Waals surface area (Å²) < 4.78 is 1.81. The van der Waals surface area contributed by atoms with E-state index < -0.39 is 5.54 Å². The normalized spacial score (nSPS) is 18.8. The number of nitrogens with one attached hydrogen (secondary N) is 2. The van der Waals surface area contributed by atoms with Crippen LogP contribution in [-0.2, 0) is 10.3 Å². The summed E-state index contributed by atoms with van der Waals surface area (Å²) in [5.74, 6) is 0.0260. The fourth-order valence-corrected chi connectivity index (χ4v) is 3.69. The smallest absolute Gasteiger partial charge is 0.248 e. The lowest BCUT2D eigenvalue weighted by Crippen LogP contribution is -2.55. The molecule has 0 bridgehead atoms. The van der Waals surface area contributed by atoms with Crippen molar-refractivity contribution < 1.29 is 4.79 Å². The van der Waals surface area contributed by atoms with E-state index in [0.717, 1.165) is 36.6 Å². The SMILES string of the molecule is Cc1csc(C(C)NC(=O)C2(n3cccn3)CCNCC2)n1. The fourth-order valence-electron chi connectivity index (χ4n) is 2.89. The topological polar surface area (TPSA) is 71.8 Å². The average Bonchev–Trinajstić information content (AvgIpc) is 3.19. The second kappa shape index (κ2) is 6.18. The third kappa shape index (κ3) is 2.78. The maximum atomic E-state index is 13.0. The molecular formula is C15H21N5OS. The van der Waals surface area contributed by atoms with Gasteiger partial charge in [-0.25, -0.2) is 4.98 Å². The van der Waals surface area contributed by atoms with E-state index in [1.54, 1.807) is 17.5 Å². The first-order valence-electron chi connectivity index (χ1n) is 7.56. The van der Waals surface area contributed by atoms with E-state index in [9.17, 15) is 4.79 Å². The molecule has 3 rings (SSSR count). The minimum Gasteiger partial charge on any atom is -0.345 e. The molecule has 1 fully saturated rings. The van der Waals surface area contributed by atoms with Gasteiger partial charge in [0.2, 0.25) is 5.91 Å². The number of hydrogen-bond acceptors (Lipinski definition) is 5. The number of rotatable bonds is 4. The van der Waals surface area contributed by atoms with E-state index in [0.29, 0.717) is 0 Å². The molecular weight excluding hydrogens is 298 g/mol. The molecule has 1 aliphatic rings. The molecule has 0 radical (unpaired) electrons. The molecule has 7 heteroatoms. The molecule has 3 heterocycles. The Morgan fingerprint density at radius 2 is 2.27 bits per heavy atom. The number of piperidine rings is 1. The van der Waals surface area contributed by atoms with Crippen LogP contribution in [0.25, 0.3) is 0 Å². The maximum absolute atomic E-state index is 13.0. The predicted molar refractivity (Wildman–Crippen MR) is 85.7 cm³/mol.